The maximum atomic E-state index is 4.62. The minimum absolute atomic E-state index is 0.338. The Labute approximate surface area is 127 Å². The van der Waals surface area contributed by atoms with Crippen LogP contribution in [0.3, 0.4) is 0 Å². The maximum absolute atomic E-state index is 4.62. The Kier molecular flexibility index (Phi) is 4.37. The minimum Gasteiger partial charge on any atom is -0.307 e. The van der Waals surface area contributed by atoms with Crippen LogP contribution < -0.4 is 5.32 Å². The van der Waals surface area contributed by atoms with E-state index in [0.29, 0.717) is 6.04 Å². The van der Waals surface area contributed by atoms with Gasteiger partial charge in [-0.1, -0.05) is 6.07 Å². The Morgan fingerprint density at radius 1 is 1.29 bits per heavy atom. The van der Waals surface area contributed by atoms with E-state index in [1.165, 1.54) is 0 Å². The lowest BCUT2D eigenvalue weighted by molar-refractivity contribution is 0.449. The van der Waals surface area contributed by atoms with Crippen LogP contribution in [0.1, 0.15) is 12.6 Å². The fourth-order valence-corrected chi connectivity index (χ4v) is 2.82. The summed E-state index contributed by atoms with van der Waals surface area (Å²) in [4.78, 5) is 8.94. The van der Waals surface area contributed by atoms with Crippen molar-refractivity contribution in [3.05, 3.63) is 53.9 Å². The van der Waals surface area contributed by atoms with Crippen LogP contribution in [0.15, 0.2) is 48.2 Å². The zero-order valence-corrected chi connectivity index (χ0v) is 12.6. The van der Waals surface area contributed by atoms with E-state index in [0.717, 1.165) is 29.5 Å². The number of thiazole rings is 1. The summed E-state index contributed by atoms with van der Waals surface area (Å²) in [5.74, 6) is 0. The van der Waals surface area contributed by atoms with Crippen molar-refractivity contribution in [2.24, 2.45) is 0 Å². The largest absolute Gasteiger partial charge is 0.307 e. The van der Waals surface area contributed by atoms with Crippen LogP contribution in [0.25, 0.3) is 10.7 Å². The van der Waals surface area contributed by atoms with Gasteiger partial charge in [0, 0.05) is 36.6 Å². The van der Waals surface area contributed by atoms with Crippen molar-refractivity contribution in [3.63, 3.8) is 0 Å². The molecule has 0 radical (unpaired) electrons. The third-order valence-electron chi connectivity index (χ3n) is 3.09. The molecule has 3 rings (SSSR count). The van der Waals surface area contributed by atoms with Crippen LogP contribution in [0.4, 0.5) is 0 Å². The van der Waals surface area contributed by atoms with Crippen molar-refractivity contribution in [2.45, 2.75) is 26.1 Å². The van der Waals surface area contributed by atoms with Crippen molar-refractivity contribution in [1.29, 1.82) is 0 Å². The molecular weight excluding hydrogens is 282 g/mol. The Hall–Kier alpha value is -2.05. The van der Waals surface area contributed by atoms with Crippen LogP contribution in [0.5, 0.6) is 0 Å². The summed E-state index contributed by atoms with van der Waals surface area (Å²) in [6, 6.07) is 8.15. The average molecular weight is 299 g/mol. The van der Waals surface area contributed by atoms with Gasteiger partial charge in [0.2, 0.25) is 0 Å². The van der Waals surface area contributed by atoms with E-state index in [9.17, 15) is 0 Å². The van der Waals surface area contributed by atoms with Gasteiger partial charge in [-0.2, -0.15) is 5.10 Å². The van der Waals surface area contributed by atoms with Crippen LogP contribution >= 0.6 is 11.3 Å². The topological polar surface area (TPSA) is 55.6 Å². The molecule has 3 aromatic heterocycles. The number of rotatable bonds is 6. The van der Waals surface area contributed by atoms with Crippen molar-refractivity contribution in [3.8, 4) is 10.7 Å². The molecule has 0 fully saturated rings. The zero-order valence-electron chi connectivity index (χ0n) is 11.8. The third kappa shape index (κ3) is 3.74. The highest BCUT2D eigenvalue weighted by Crippen LogP contribution is 2.21. The second kappa shape index (κ2) is 6.60. The van der Waals surface area contributed by atoms with Gasteiger partial charge in [0.15, 0.2) is 0 Å². The van der Waals surface area contributed by atoms with Crippen molar-refractivity contribution in [1.82, 2.24) is 25.1 Å². The lowest BCUT2D eigenvalue weighted by Gasteiger charge is -2.12. The second-order valence-electron chi connectivity index (χ2n) is 4.87. The monoisotopic (exact) mass is 299 g/mol. The number of hydrogen-bond acceptors (Lipinski definition) is 5. The molecule has 0 aliphatic carbocycles. The highest BCUT2D eigenvalue weighted by molar-refractivity contribution is 7.13. The van der Waals surface area contributed by atoms with E-state index in [-0.39, 0.29) is 0 Å². The minimum atomic E-state index is 0.338. The van der Waals surface area contributed by atoms with Gasteiger partial charge in [-0.3, -0.25) is 9.67 Å². The highest BCUT2D eigenvalue weighted by atomic mass is 32.1. The fourth-order valence-electron chi connectivity index (χ4n) is 2.03. The molecule has 21 heavy (non-hydrogen) atoms. The smallest absolute Gasteiger partial charge is 0.142 e. The summed E-state index contributed by atoms with van der Waals surface area (Å²) in [6.45, 7) is 3.75. The van der Waals surface area contributed by atoms with E-state index >= 15 is 0 Å². The van der Waals surface area contributed by atoms with E-state index in [2.05, 4.69) is 32.7 Å². The van der Waals surface area contributed by atoms with Crippen LogP contribution in [0.2, 0.25) is 0 Å². The van der Waals surface area contributed by atoms with Gasteiger partial charge in [-0.15, -0.1) is 11.3 Å². The molecule has 0 aliphatic heterocycles. The molecule has 108 valence electrons. The van der Waals surface area contributed by atoms with Crippen molar-refractivity contribution < 1.29 is 0 Å². The lowest BCUT2D eigenvalue weighted by Crippen LogP contribution is -2.30. The second-order valence-corrected chi connectivity index (χ2v) is 5.73. The van der Waals surface area contributed by atoms with Gasteiger partial charge >= 0.3 is 0 Å². The first-order chi connectivity index (χ1) is 10.3. The number of aromatic nitrogens is 4. The van der Waals surface area contributed by atoms with Gasteiger partial charge in [-0.25, -0.2) is 4.98 Å². The Morgan fingerprint density at radius 3 is 3.00 bits per heavy atom. The Morgan fingerprint density at radius 2 is 2.24 bits per heavy atom. The first-order valence-corrected chi connectivity index (χ1v) is 7.76. The van der Waals surface area contributed by atoms with Crippen molar-refractivity contribution in [2.75, 3.05) is 0 Å². The van der Waals surface area contributed by atoms with Gasteiger partial charge in [-0.05, 0) is 25.1 Å². The van der Waals surface area contributed by atoms with Crippen LogP contribution in [-0.2, 0) is 13.1 Å². The molecule has 0 spiro atoms. The average Bonchev–Trinajstić information content (AvgIpc) is 3.17. The molecule has 0 amide bonds. The number of nitrogens with zero attached hydrogens (tertiary/aromatic N) is 4. The predicted molar refractivity (Wildman–Crippen MR) is 83.9 cm³/mol. The normalized spacial score (nSPS) is 12.4. The summed E-state index contributed by atoms with van der Waals surface area (Å²) in [6.07, 6.45) is 5.56. The predicted octanol–water partition coefficient (Wildman–Crippen LogP) is 2.58. The summed E-state index contributed by atoms with van der Waals surface area (Å²) in [5, 5.41) is 10.7. The Bertz CT molecular complexity index is 662. The lowest BCUT2D eigenvalue weighted by atomic mass is 10.3. The molecule has 1 atom stereocenters. The number of nitrogens with one attached hydrogen (secondary N) is 1. The number of hydrogen-bond donors (Lipinski definition) is 1. The van der Waals surface area contributed by atoms with Gasteiger partial charge < -0.3 is 5.32 Å². The van der Waals surface area contributed by atoms with Crippen LogP contribution in [-0.4, -0.2) is 25.8 Å². The maximum Gasteiger partial charge on any atom is 0.142 e. The molecule has 3 heterocycles. The molecule has 1 N–H and O–H groups in total. The molecule has 1 unspecified atom stereocenters. The molecule has 0 saturated carbocycles. The first kappa shape index (κ1) is 13.9. The summed E-state index contributed by atoms with van der Waals surface area (Å²) < 4.78 is 1.93. The highest BCUT2D eigenvalue weighted by Gasteiger charge is 2.07. The van der Waals surface area contributed by atoms with E-state index in [1.807, 2.05) is 35.1 Å². The SMILES string of the molecule is CC(Cn1cccn1)NCc1csc(-c2ccccn2)n1. The van der Waals surface area contributed by atoms with E-state index in [4.69, 9.17) is 0 Å². The van der Waals surface area contributed by atoms with E-state index < -0.39 is 0 Å². The standard InChI is InChI=1S/C15H17N5S/c1-12(10-20-8-4-7-18-20)17-9-13-11-21-15(19-13)14-5-2-3-6-16-14/h2-8,11-12,17H,9-10H2,1H3. The molecule has 0 bridgehead atoms. The van der Waals surface area contributed by atoms with Gasteiger partial charge in [0.1, 0.15) is 5.01 Å². The first-order valence-electron chi connectivity index (χ1n) is 6.88. The molecule has 0 aliphatic rings. The molecular formula is C15H17N5S. The molecule has 0 aromatic carbocycles. The third-order valence-corrected chi connectivity index (χ3v) is 4.00. The molecule has 3 aromatic rings. The summed E-state index contributed by atoms with van der Waals surface area (Å²) >= 11 is 1.63. The molecule has 0 saturated heterocycles. The Balaban J connectivity index is 1.55. The number of pyridine rings is 1. The fraction of sp³-hybridized carbons (Fsp3) is 0.267. The van der Waals surface area contributed by atoms with Crippen molar-refractivity contribution >= 4 is 11.3 Å². The molecule has 5 nitrogen and oxygen atoms in total. The molecule has 6 heteroatoms. The van der Waals surface area contributed by atoms with E-state index in [1.54, 1.807) is 23.7 Å². The van der Waals surface area contributed by atoms with Gasteiger partial charge in [0.05, 0.1) is 17.9 Å². The zero-order chi connectivity index (χ0) is 14.5. The summed E-state index contributed by atoms with van der Waals surface area (Å²) in [7, 11) is 0. The van der Waals surface area contributed by atoms with Gasteiger partial charge in [0.25, 0.3) is 0 Å². The summed E-state index contributed by atoms with van der Waals surface area (Å²) in [5.41, 5.74) is 1.98. The van der Waals surface area contributed by atoms with Crippen LogP contribution in [0, 0.1) is 0 Å². The quantitative estimate of drug-likeness (QED) is 0.760.